The van der Waals surface area contributed by atoms with Crippen LogP contribution >= 0.6 is 15.9 Å². The number of halogens is 4. The normalized spacial score (nSPS) is 36.5. The molecule has 4 bridgehead atoms. The van der Waals surface area contributed by atoms with Gasteiger partial charge in [-0.15, -0.1) is 0 Å². The zero-order valence-corrected chi connectivity index (χ0v) is 15.3. The number of rotatable bonds is 3. The highest BCUT2D eigenvalue weighted by Crippen LogP contribution is 2.64. The SMILES string of the molecule is O=C(OCc1ccccc1C(F)(F)F)C12C[C@@H]3C[C@@H](CC(Br)(C3)C1)C2. The number of hydrogen-bond acceptors (Lipinski definition) is 2. The van der Waals surface area contributed by atoms with Crippen molar-refractivity contribution in [1.82, 2.24) is 0 Å². The lowest BCUT2D eigenvalue weighted by atomic mass is 9.49. The van der Waals surface area contributed by atoms with E-state index in [-0.39, 0.29) is 22.5 Å². The first-order valence-electron chi connectivity index (χ1n) is 8.70. The van der Waals surface area contributed by atoms with Gasteiger partial charge >= 0.3 is 12.1 Å². The summed E-state index contributed by atoms with van der Waals surface area (Å²) in [5, 5.41) is 0. The summed E-state index contributed by atoms with van der Waals surface area (Å²) in [6.45, 7) is -0.319. The zero-order valence-electron chi connectivity index (χ0n) is 13.7. The molecule has 4 aliphatic carbocycles. The summed E-state index contributed by atoms with van der Waals surface area (Å²) in [4.78, 5) is 12.8. The van der Waals surface area contributed by atoms with E-state index < -0.39 is 17.2 Å². The number of esters is 1. The van der Waals surface area contributed by atoms with Crippen LogP contribution in [0.25, 0.3) is 0 Å². The Bertz CT molecular complexity index is 686. The summed E-state index contributed by atoms with van der Waals surface area (Å²) in [6, 6.07) is 5.29. The molecule has 4 aliphatic rings. The maximum absolute atomic E-state index is 13.1. The van der Waals surface area contributed by atoms with E-state index in [0.717, 1.165) is 38.2 Å². The van der Waals surface area contributed by atoms with Gasteiger partial charge in [0.1, 0.15) is 6.61 Å². The molecule has 0 amide bonds. The second-order valence-electron chi connectivity index (χ2n) is 8.12. The van der Waals surface area contributed by atoms with E-state index in [1.54, 1.807) is 0 Å². The van der Waals surface area contributed by atoms with E-state index in [1.165, 1.54) is 24.6 Å². The molecule has 25 heavy (non-hydrogen) atoms. The van der Waals surface area contributed by atoms with Crippen molar-refractivity contribution in [3.63, 3.8) is 0 Å². The van der Waals surface area contributed by atoms with Gasteiger partial charge < -0.3 is 4.74 Å². The predicted molar refractivity (Wildman–Crippen MR) is 90.0 cm³/mol. The molecule has 0 spiro atoms. The Morgan fingerprint density at radius 1 is 1.16 bits per heavy atom. The van der Waals surface area contributed by atoms with Gasteiger partial charge in [0.15, 0.2) is 0 Å². The minimum Gasteiger partial charge on any atom is -0.460 e. The number of benzene rings is 1. The molecule has 4 saturated carbocycles. The lowest BCUT2D eigenvalue weighted by Gasteiger charge is -2.58. The smallest absolute Gasteiger partial charge is 0.416 e. The maximum atomic E-state index is 13.1. The first-order valence-corrected chi connectivity index (χ1v) is 9.50. The molecular formula is C19H20BrF3O2. The number of carbonyl (C=O) groups excluding carboxylic acids is 1. The predicted octanol–water partition coefficient (Wildman–Crippen LogP) is 5.48. The molecule has 6 heteroatoms. The molecule has 0 heterocycles. The molecule has 4 fully saturated rings. The van der Waals surface area contributed by atoms with Gasteiger partial charge in [-0.3, -0.25) is 4.79 Å². The quantitative estimate of drug-likeness (QED) is 0.481. The molecule has 0 saturated heterocycles. The van der Waals surface area contributed by atoms with Crippen molar-refractivity contribution < 1.29 is 22.7 Å². The van der Waals surface area contributed by atoms with Gasteiger partial charge in [-0.25, -0.2) is 0 Å². The van der Waals surface area contributed by atoms with Crippen LogP contribution in [0, 0.1) is 17.3 Å². The Kier molecular flexibility index (Phi) is 3.98. The van der Waals surface area contributed by atoms with Gasteiger partial charge in [-0.05, 0) is 56.4 Å². The summed E-state index contributed by atoms with van der Waals surface area (Å²) in [7, 11) is 0. The number of alkyl halides is 4. The van der Waals surface area contributed by atoms with Crippen molar-refractivity contribution in [2.24, 2.45) is 17.3 Å². The molecule has 2 unspecified atom stereocenters. The van der Waals surface area contributed by atoms with Crippen LogP contribution in [0.5, 0.6) is 0 Å². The third-order valence-corrected chi connectivity index (χ3v) is 7.03. The fourth-order valence-corrected chi connectivity index (χ4v) is 7.06. The molecule has 1 aromatic carbocycles. The Morgan fingerprint density at radius 3 is 2.40 bits per heavy atom. The Morgan fingerprint density at radius 2 is 1.80 bits per heavy atom. The molecule has 2 nitrogen and oxygen atoms in total. The van der Waals surface area contributed by atoms with Crippen LogP contribution in [-0.4, -0.2) is 10.3 Å². The average Bonchev–Trinajstić information content (AvgIpc) is 2.49. The van der Waals surface area contributed by atoms with Gasteiger partial charge in [-0.1, -0.05) is 34.1 Å². The van der Waals surface area contributed by atoms with E-state index in [9.17, 15) is 18.0 Å². The van der Waals surface area contributed by atoms with Crippen LogP contribution in [0.3, 0.4) is 0 Å². The zero-order chi connectivity index (χ0) is 17.9. The lowest BCUT2D eigenvalue weighted by Crippen LogP contribution is -2.56. The first-order chi connectivity index (χ1) is 11.7. The summed E-state index contributed by atoms with van der Waals surface area (Å²) in [5.41, 5.74) is -1.23. The van der Waals surface area contributed by atoms with Crippen LogP contribution in [0.15, 0.2) is 24.3 Å². The van der Waals surface area contributed by atoms with Crippen molar-refractivity contribution in [1.29, 1.82) is 0 Å². The summed E-state index contributed by atoms with van der Waals surface area (Å²) in [6.07, 6.45) is 1.29. The highest BCUT2D eigenvalue weighted by Gasteiger charge is 2.60. The Labute approximate surface area is 153 Å². The van der Waals surface area contributed by atoms with Crippen LogP contribution in [0.4, 0.5) is 13.2 Å². The monoisotopic (exact) mass is 416 g/mol. The molecule has 5 rings (SSSR count). The minimum absolute atomic E-state index is 0.0139. The fourth-order valence-electron chi connectivity index (χ4n) is 5.61. The van der Waals surface area contributed by atoms with Crippen LogP contribution in [0.2, 0.25) is 0 Å². The third-order valence-electron chi connectivity index (χ3n) is 6.10. The summed E-state index contributed by atoms with van der Waals surface area (Å²) in [5.74, 6) is 0.730. The van der Waals surface area contributed by atoms with Gasteiger partial charge in [0.25, 0.3) is 0 Å². The van der Waals surface area contributed by atoms with Crippen molar-refractivity contribution in [3.05, 3.63) is 35.4 Å². The number of hydrogen-bond donors (Lipinski definition) is 0. The van der Waals surface area contributed by atoms with Gasteiger partial charge in [0.05, 0.1) is 11.0 Å². The highest BCUT2D eigenvalue weighted by atomic mass is 79.9. The molecule has 0 aromatic heterocycles. The molecule has 4 atom stereocenters. The average molecular weight is 417 g/mol. The van der Waals surface area contributed by atoms with E-state index >= 15 is 0 Å². The molecule has 0 aliphatic heterocycles. The molecular weight excluding hydrogens is 397 g/mol. The summed E-state index contributed by atoms with van der Waals surface area (Å²) < 4.78 is 44.7. The Hall–Kier alpha value is -1.04. The van der Waals surface area contributed by atoms with Crippen LogP contribution in [0.1, 0.15) is 49.7 Å². The third kappa shape index (κ3) is 3.11. The molecule has 0 N–H and O–H groups in total. The fraction of sp³-hybridized carbons (Fsp3) is 0.632. The highest BCUT2D eigenvalue weighted by molar-refractivity contribution is 9.10. The van der Waals surface area contributed by atoms with Gasteiger partial charge in [-0.2, -0.15) is 13.2 Å². The van der Waals surface area contributed by atoms with Gasteiger partial charge in [0.2, 0.25) is 0 Å². The van der Waals surface area contributed by atoms with Gasteiger partial charge in [0, 0.05) is 9.89 Å². The first kappa shape index (κ1) is 17.4. The second kappa shape index (κ2) is 5.73. The van der Waals surface area contributed by atoms with Crippen molar-refractivity contribution >= 4 is 21.9 Å². The molecule has 0 radical (unpaired) electrons. The number of carbonyl (C=O) groups is 1. The van der Waals surface area contributed by atoms with Crippen LogP contribution < -0.4 is 0 Å². The molecule has 136 valence electrons. The van der Waals surface area contributed by atoms with Crippen molar-refractivity contribution in [2.75, 3.05) is 0 Å². The van der Waals surface area contributed by atoms with E-state index in [4.69, 9.17) is 4.74 Å². The molecule has 1 aromatic rings. The second-order valence-corrected chi connectivity index (χ2v) is 9.81. The topological polar surface area (TPSA) is 26.3 Å². The largest absolute Gasteiger partial charge is 0.460 e. The maximum Gasteiger partial charge on any atom is 0.416 e. The summed E-state index contributed by atoms with van der Waals surface area (Å²) >= 11 is 3.84. The van der Waals surface area contributed by atoms with E-state index in [0.29, 0.717) is 11.8 Å². The minimum atomic E-state index is -4.44. The van der Waals surface area contributed by atoms with Crippen molar-refractivity contribution in [2.45, 2.75) is 55.6 Å². The van der Waals surface area contributed by atoms with E-state index in [1.807, 2.05) is 0 Å². The van der Waals surface area contributed by atoms with Crippen molar-refractivity contribution in [3.8, 4) is 0 Å². The standard InChI is InChI=1S/C19H20BrF3O2/c20-18-8-12-5-13(9-18)7-17(6-12,11-18)16(24)25-10-14-3-1-2-4-15(14)19(21,22)23/h1-4,12-13H,5-11H2/t12-,13+,17?,18?. The van der Waals surface area contributed by atoms with E-state index in [2.05, 4.69) is 15.9 Å². The lowest BCUT2D eigenvalue weighted by molar-refractivity contribution is -0.171. The Balaban J connectivity index is 1.51. The van der Waals surface area contributed by atoms with Crippen LogP contribution in [-0.2, 0) is 22.3 Å². The number of ether oxygens (including phenoxy) is 1.